The van der Waals surface area contributed by atoms with Gasteiger partial charge in [-0.2, -0.15) is 5.10 Å². The number of ether oxygens (including phenoxy) is 2. The zero-order valence-corrected chi connectivity index (χ0v) is 14.8. The third-order valence-electron chi connectivity index (χ3n) is 4.23. The number of esters is 1. The molecule has 4 aromatic rings. The summed E-state index contributed by atoms with van der Waals surface area (Å²) in [5.41, 5.74) is 2.00. The number of aromatic nitrogens is 2. The molecule has 0 aliphatic rings. The first-order chi connectivity index (χ1) is 13.3. The molecule has 0 saturated heterocycles. The maximum absolute atomic E-state index is 12.9. The average Bonchev–Trinajstić information content (AvgIpc) is 3.10. The fraction of sp³-hybridized carbons (Fsp3) is 0.0909. The van der Waals surface area contributed by atoms with Gasteiger partial charge in [-0.1, -0.05) is 54.6 Å². The van der Waals surface area contributed by atoms with Gasteiger partial charge in [0, 0.05) is 13.2 Å². The highest BCUT2D eigenvalue weighted by atomic mass is 16.5. The lowest BCUT2D eigenvalue weighted by Crippen LogP contribution is -2.12. The zero-order valence-electron chi connectivity index (χ0n) is 14.8. The number of carbonyl (C=O) groups is 1. The maximum Gasteiger partial charge on any atom is 0.345 e. The Morgan fingerprint density at radius 1 is 0.963 bits per heavy atom. The van der Waals surface area contributed by atoms with Crippen molar-refractivity contribution in [3.05, 3.63) is 90.1 Å². The largest absolute Gasteiger partial charge is 0.404 e. The first-order valence-electron chi connectivity index (χ1n) is 8.59. The molecule has 3 aromatic carbocycles. The number of methoxy groups -OCH3 is 1. The van der Waals surface area contributed by atoms with E-state index in [4.69, 9.17) is 9.47 Å². The second-order valence-electron chi connectivity index (χ2n) is 6.07. The summed E-state index contributed by atoms with van der Waals surface area (Å²) in [5, 5.41) is 6.34. The molecule has 0 aliphatic heterocycles. The second kappa shape index (κ2) is 7.43. The van der Waals surface area contributed by atoms with Gasteiger partial charge >= 0.3 is 5.97 Å². The van der Waals surface area contributed by atoms with Crippen molar-refractivity contribution in [3.63, 3.8) is 0 Å². The predicted molar refractivity (Wildman–Crippen MR) is 103 cm³/mol. The fourth-order valence-electron chi connectivity index (χ4n) is 3.01. The normalized spacial score (nSPS) is 10.9. The summed E-state index contributed by atoms with van der Waals surface area (Å²) in [5.74, 6) is -0.0703. The predicted octanol–water partition coefficient (Wildman–Crippen LogP) is 4.39. The maximum atomic E-state index is 12.9. The molecule has 5 heteroatoms. The van der Waals surface area contributed by atoms with Crippen LogP contribution in [0.2, 0.25) is 0 Å². The fourth-order valence-corrected chi connectivity index (χ4v) is 3.01. The van der Waals surface area contributed by atoms with Gasteiger partial charge in [0.1, 0.15) is 0 Å². The first-order valence-corrected chi connectivity index (χ1v) is 8.59. The number of rotatable bonds is 5. The molecule has 0 aliphatic carbocycles. The van der Waals surface area contributed by atoms with Crippen LogP contribution in [0.25, 0.3) is 16.5 Å². The Morgan fingerprint density at radius 2 is 1.70 bits per heavy atom. The Labute approximate surface area is 156 Å². The Morgan fingerprint density at radius 3 is 2.52 bits per heavy atom. The van der Waals surface area contributed by atoms with Gasteiger partial charge in [0.2, 0.25) is 5.88 Å². The van der Waals surface area contributed by atoms with Crippen LogP contribution in [0.1, 0.15) is 16.1 Å². The van der Waals surface area contributed by atoms with Crippen LogP contribution in [-0.2, 0) is 11.3 Å². The molecule has 5 nitrogen and oxygen atoms in total. The van der Waals surface area contributed by atoms with Crippen molar-refractivity contribution in [2.24, 2.45) is 0 Å². The van der Waals surface area contributed by atoms with Crippen LogP contribution in [-0.4, -0.2) is 22.9 Å². The lowest BCUT2D eigenvalue weighted by molar-refractivity contribution is 0.0725. The van der Waals surface area contributed by atoms with Crippen LogP contribution >= 0.6 is 0 Å². The highest BCUT2D eigenvalue weighted by Crippen LogP contribution is 2.24. The van der Waals surface area contributed by atoms with Crippen LogP contribution < -0.4 is 4.74 Å². The first kappa shape index (κ1) is 17.0. The topological polar surface area (TPSA) is 53.4 Å². The minimum Gasteiger partial charge on any atom is -0.404 e. The van der Waals surface area contributed by atoms with Crippen molar-refractivity contribution in [1.82, 2.24) is 9.78 Å². The van der Waals surface area contributed by atoms with Gasteiger partial charge in [-0.05, 0) is 29.0 Å². The summed E-state index contributed by atoms with van der Waals surface area (Å²) in [7, 11) is 1.60. The van der Waals surface area contributed by atoms with E-state index in [0.29, 0.717) is 23.7 Å². The number of carbonyl (C=O) groups excluding carboxylic acids is 1. The molecule has 0 amide bonds. The van der Waals surface area contributed by atoms with Crippen molar-refractivity contribution < 1.29 is 14.3 Å². The number of para-hydroxylation sites is 1. The van der Waals surface area contributed by atoms with Gasteiger partial charge in [-0.25, -0.2) is 9.48 Å². The number of benzene rings is 3. The van der Waals surface area contributed by atoms with Gasteiger partial charge in [-0.3, -0.25) is 0 Å². The molecule has 0 radical (unpaired) electrons. The van der Waals surface area contributed by atoms with Gasteiger partial charge in [-0.15, -0.1) is 0 Å². The molecular formula is C22H18N2O3. The highest BCUT2D eigenvalue weighted by Gasteiger charge is 2.17. The van der Waals surface area contributed by atoms with Crippen LogP contribution in [0.5, 0.6) is 5.88 Å². The van der Waals surface area contributed by atoms with Crippen LogP contribution in [0, 0.1) is 0 Å². The van der Waals surface area contributed by atoms with E-state index in [1.165, 1.54) is 0 Å². The molecule has 0 N–H and O–H groups in total. The van der Waals surface area contributed by atoms with Gasteiger partial charge in [0.15, 0.2) is 0 Å². The molecule has 27 heavy (non-hydrogen) atoms. The van der Waals surface area contributed by atoms with Crippen LogP contribution in [0.15, 0.2) is 78.9 Å². The van der Waals surface area contributed by atoms with E-state index in [2.05, 4.69) is 5.10 Å². The number of nitrogens with zero attached hydrogens (tertiary/aromatic N) is 2. The van der Waals surface area contributed by atoms with E-state index >= 15 is 0 Å². The molecule has 1 aromatic heterocycles. The minimum absolute atomic E-state index is 0.332. The highest BCUT2D eigenvalue weighted by molar-refractivity contribution is 6.05. The number of fused-ring (bicyclic) bond motifs is 1. The van der Waals surface area contributed by atoms with E-state index in [1.54, 1.807) is 23.9 Å². The average molecular weight is 358 g/mol. The third-order valence-corrected chi connectivity index (χ3v) is 4.23. The molecule has 1 heterocycles. The molecule has 0 saturated carbocycles. The number of hydrogen-bond acceptors (Lipinski definition) is 4. The van der Waals surface area contributed by atoms with Crippen LogP contribution in [0.3, 0.4) is 0 Å². The van der Waals surface area contributed by atoms with Gasteiger partial charge < -0.3 is 9.47 Å². The van der Waals surface area contributed by atoms with E-state index in [9.17, 15) is 4.79 Å². The Kier molecular flexibility index (Phi) is 4.68. The summed E-state index contributed by atoms with van der Waals surface area (Å²) >= 11 is 0. The summed E-state index contributed by atoms with van der Waals surface area (Å²) in [4.78, 5) is 12.9. The minimum atomic E-state index is -0.423. The number of hydrogen-bond donors (Lipinski definition) is 0. The SMILES string of the molecule is COCc1cc(OC(=O)c2cccc3ccccc23)n(-c2ccccc2)n1. The summed E-state index contributed by atoms with van der Waals surface area (Å²) in [6, 6.07) is 24.6. The molecule has 4 rings (SSSR count). The quantitative estimate of drug-likeness (QED) is 0.497. The lowest BCUT2D eigenvalue weighted by atomic mass is 10.1. The molecular weight excluding hydrogens is 340 g/mol. The van der Waals surface area contributed by atoms with E-state index in [-0.39, 0.29) is 0 Å². The smallest absolute Gasteiger partial charge is 0.345 e. The van der Waals surface area contributed by atoms with Crippen molar-refractivity contribution in [1.29, 1.82) is 0 Å². The van der Waals surface area contributed by atoms with Crippen LogP contribution in [0.4, 0.5) is 0 Å². The molecule has 134 valence electrons. The molecule has 0 fully saturated rings. The second-order valence-corrected chi connectivity index (χ2v) is 6.07. The summed E-state index contributed by atoms with van der Waals surface area (Å²) < 4.78 is 12.5. The third kappa shape index (κ3) is 3.45. The lowest BCUT2D eigenvalue weighted by Gasteiger charge is -2.09. The molecule has 0 atom stereocenters. The molecule has 0 bridgehead atoms. The van der Waals surface area contributed by atoms with Crippen molar-refractivity contribution in [2.75, 3.05) is 7.11 Å². The standard InChI is InChI=1S/C22H18N2O3/c1-26-15-17-14-21(24(23-17)18-10-3-2-4-11-18)27-22(25)20-13-7-9-16-8-5-6-12-19(16)20/h2-14H,15H2,1H3. The van der Waals surface area contributed by atoms with Crippen molar-refractivity contribution in [2.45, 2.75) is 6.61 Å². The summed E-state index contributed by atoms with van der Waals surface area (Å²) in [6.07, 6.45) is 0. The van der Waals surface area contributed by atoms with Gasteiger partial charge in [0.05, 0.1) is 23.6 Å². The van der Waals surface area contributed by atoms with E-state index < -0.39 is 5.97 Å². The summed E-state index contributed by atoms with van der Waals surface area (Å²) in [6.45, 7) is 0.332. The monoisotopic (exact) mass is 358 g/mol. The molecule has 0 unspecified atom stereocenters. The molecule has 0 spiro atoms. The van der Waals surface area contributed by atoms with Gasteiger partial charge in [0.25, 0.3) is 0 Å². The van der Waals surface area contributed by atoms with Crippen molar-refractivity contribution in [3.8, 4) is 11.6 Å². The van der Waals surface area contributed by atoms with E-state index in [1.807, 2.05) is 66.7 Å². The zero-order chi connectivity index (χ0) is 18.6. The Hall–Kier alpha value is -3.44. The Balaban J connectivity index is 1.72. The van der Waals surface area contributed by atoms with E-state index in [0.717, 1.165) is 16.5 Å². The Bertz CT molecular complexity index is 1080. The van der Waals surface area contributed by atoms with Crippen molar-refractivity contribution >= 4 is 16.7 Å².